The van der Waals surface area contributed by atoms with Crippen LogP contribution >= 0.6 is 0 Å². The number of likely N-dealkylation sites (tertiary alicyclic amines) is 1. The Balaban J connectivity index is 2.16. The molecule has 1 heterocycles. The van der Waals surface area contributed by atoms with E-state index < -0.39 is 0 Å². The minimum Gasteiger partial charge on any atom is -0.493 e. The molecule has 0 spiro atoms. The van der Waals surface area contributed by atoms with Crippen molar-refractivity contribution in [3.63, 3.8) is 0 Å². The Morgan fingerprint density at radius 2 is 2.18 bits per heavy atom. The number of methoxy groups -OCH3 is 1. The Hall–Kier alpha value is -1.75. The molecule has 1 atom stereocenters. The highest BCUT2D eigenvalue weighted by molar-refractivity contribution is 5.95. The number of ether oxygens (including phenoxy) is 2. The third-order valence-corrected chi connectivity index (χ3v) is 3.89. The van der Waals surface area contributed by atoms with Gasteiger partial charge in [-0.3, -0.25) is 4.79 Å². The molecule has 1 amide bonds. The number of nitrogens with two attached hydrogens (primary N) is 1. The van der Waals surface area contributed by atoms with E-state index in [-0.39, 0.29) is 11.9 Å². The first-order valence-corrected chi connectivity index (χ1v) is 7.88. The molecular formula is C17H26N2O3. The van der Waals surface area contributed by atoms with Crippen molar-refractivity contribution in [3.05, 3.63) is 23.8 Å². The molecule has 0 aliphatic carbocycles. The van der Waals surface area contributed by atoms with Crippen molar-refractivity contribution in [2.75, 3.05) is 26.8 Å². The van der Waals surface area contributed by atoms with Crippen LogP contribution < -0.4 is 15.2 Å². The maximum Gasteiger partial charge on any atom is 0.254 e. The van der Waals surface area contributed by atoms with Gasteiger partial charge in [0, 0.05) is 24.7 Å². The van der Waals surface area contributed by atoms with Crippen molar-refractivity contribution < 1.29 is 14.3 Å². The van der Waals surface area contributed by atoms with Crippen LogP contribution in [0.3, 0.4) is 0 Å². The molecule has 1 saturated heterocycles. The molecule has 1 unspecified atom stereocenters. The summed E-state index contributed by atoms with van der Waals surface area (Å²) in [7, 11) is 1.59. The number of hydrogen-bond donors (Lipinski definition) is 1. The summed E-state index contributed by atoms with van der Waals surface area (Å²) in [5, 5.41) is 0. The Kier molecular flexibility index (Phi) is 5.66. The Bertz CT molecular complexity index is 517. The summed E-state index contributed by atoms with van der Waals surface area (Å²) in [6.07, 6.45) is 2.00. The van der Waals surface area contributed by atoms with Crippen LogP contribution in [0.2, 0.25) is 0 Å². The SMILES string of the molecule is COc1cc(C(=O)N2CCCC2CN)ccc1OCC(C)C. The lowest BCUT2D eigenvalue weighted by Crippen LogP contribution is -2.39. The Labute approximate surface area is 132 Å². The number of benzene rings is 1. The van der Waals surface area contributed by atoms with Gasteiger partial charge in [-0.25, -0.2) is 0 Å². The third kappa shape index (κ3) is 3.71. The van der Waals surface area contributed by atoms with Crippen molar-refractivity contribution in [2.24, 2.45) is 11.7 Å². The number of rotatable bonds is 6. The van der Waals surface area contributed by atoms with Crippen LogP contribution in [0.25, 0.3) is 0 Å². The second-order valence-corrected chi connectivity index (χ2v) is 6.10. The molecule has 22 heavy (non-hydrogen) atoms. The van der Waals surface area contributed by atoms with E-state index in [9.17, 15) is 4.79 Å². The average Bonchev–Trinajstić information content (AvgIpc) is 3.00. The van der Waals surface area contributed by atoms with E-state index in [1.807, 2.05) is 11.0 Å². The lowest BCUT2D eigenvalue weighted by atomic mass is 10.1. The van der Waals surface area contributed by atoms with E-state index >= 15 is 0 Å². The molecule has 0 aromatic heterocycles. The van der Waals surface area contributed by atoms with Gasteiger partial charge in [-0.2, -0.15) is 0 Å². The Morgan fingerprint density at radius 1 is 1.41 bits per heavy atom. The fourth-order valence-corrected chi connectivity index (χ4v) is 2.69. The molecule has 1 aliphatic heterocycles. The fourth-order valence-electron chi connectivity index (χ4n) is 2.69. The minimum absolute atomic E-state index is 0.0154. The number of carbonyl (C=O) groups is 1. The summed E-state index contributed by atoms with van der Waals surface area (Å²) in [5.41, 5.74) is 6.37. The minimum atomic E-state index is 0.0154. The highest BCUT2D eigenvalue weighted by Gasteiger charge is 2.28. The molecular weight excluding hydrogens is 280 g/mol. The summed E-state index contributed by atoms with van der Waals surface area (Å²) < 4.78 is 11.1. The molecule has 1 aliphatic rings. The van der Waals surface area contributed by atoms with Crippen LogP contribution in [0.4, 0.5) is 0 Å². The first-order valence-electron chi connectivity index (χ1n) is 7.88. The highest BCUT2D eigenvalue weighted by atomic mass is 16.5. The van der Waals surface area contributed by atoms with Crippen LogP contribution in [0.15, 0.2) is 18.2 Å². The predicted octanol–water partition coefficient (Wildman–Crippen LogP) is 2.29. The second-order valence-electron chi connectivity index (χ2n) is 6.10. The monoisotopic (exact) mass is 306 g/mol. The molecule has 122 valence electrons. The molecule has 1 fully saturated rings. The molecule has 1 aromatic rings. The topological polar surface area (TPSA) is 64.8 Å². The van der Waals surface area contributed by atoms with E-state index in [0.717, 1.165) is 19.4 Å². The van der Waals surface area contributed by atoms with E-state index in [0.29, 0.717) is 36.1 Å². The van der Waals surface area contributed by atoms with Crippen LogP contribution in [-0.4, -0.2) is 43.7 Å². The van der Waals surface area contributed by atoms with Gasteiger partial charge in [-0.15, -0.1) is 0 Å². The van der Waals surface area contributed by atoms with Gasteiger partial charge in [-0.05, 0) is 37.0 Å². The van der Waals surface area contributed by atoms with Crippen molar-refractivity contribution in [3.8, 4) is 11.5 Å². The maximum absolute atomic E-state index is 12.6. The van der Waals surface area contributed by atoms with Gasteiger partial charge in [0.05, 0.1) is 13.7 Å². The van der Waals surface area contributed by atoms with Gasteiger partial charge in [0.2, 0.25) is 0 Å². The van der Waals surface area contributed by atoms with Gasteiger partial charge in [-0.1, -0.05) is 13.8 Å². The third-order valence-electron chi connectivity index (χ3n) is 3.89. The normalized spacial score (nSPS) is 17.9. The quantitative estimate of drug-likeness (QED) is 0.876. The zero-order valence-electron chi connectivity index (χ0n) is 13.7. The lowest BCUT2D eigenvalue weighted by molar-refractivity contribution is 0.0740. The van der Waals surface area contributed by atoms with Gasteiger partial charge < -0.3 is 20.1 Å². The highest BCUT2D eigenvalue weighted by Crippen LogP contribution is 2.30. The predicted molar refractivity (Wildman–Crippen MR) is 86.4 cm³/mol. The van der Waals surface area contributed by atoms with E-state index in [2.05, 4.69) is 13.8 Å². The molecule has 2 N–H and O–H groups in total. The van der Waals surface area contributed by atoms with E-state index in [4.69, 9.17) is 15.2 Å². The zero-order valence-corrected chi connectivity index (χ0v) is 13.7. The fraction of sp³-hybridized carbons (Fsp3) is 0.588. The Morgan fingerprint density at radius 3 is 2.82 bits per heavy atom. The number of amides is 1. The zero-order chi connectivity index (χ0) is 16.1. The van der Waals surface area contributed by atoms with E-state index in [1.165, 1.54) is 0 Å². The summed E-state index contributed by atoms with van der Waals surface area (Å²) in [6.45, 7) is 6.08. The molecule has 0 bridgehead atoms. The molecule has 0 saturated carbocycles. The van der Waals surface area contributed by atoms with Crippen molar-refractivity contribution in [1.82, 2.24) is 4.90 Å². The smallest absolute Gasteiger partial charge is 0.254 e. The van der Waals surface area contributed by atoms with Crippen LogP contribution in [0.1, 0.15) is 37.0 Å². The van der Waals surface area contributed by atoms with Gasteiger partial charge in [0.15, 0.2) is 11.5 Å². The molecule has 5 heteroatoms. The lowest BCUT2D eigenvalue weighted by Gasteiger charge is -2.24. The van der Waals surface area contributed by atoms with Crippen LogP contribution in [0.5, 0.6) is 11.5 Å². The summed E-state index contributed by atoms with van der Waals surface area (Å²) in [4.78, 5) is 14.5. The maximum atomic E-state index is 12.6. The van der Waals surface area contributed by atoms with Crippen LogP contribution in [-0.2, 0) is 0 Å². The summed E-state index contributed by atoms with van der Waals surface area (Å²) in [6, 6.07) is 5.51. The summed E-state index contributed by atoms with van der Waals surface area (Å²) >= 11 is 0. The standard InChI is InChI=1S/C17H26N2O3/c1-12(2)11-22-15-7-6-13(9-16(15)21-3)17(20)19-8-4-5-14(19)10-18/h6-7,9,12,14H,4-5,8,10-11,18H2,1-3H3. The van der Waals surface area contributed by atoms with Gasteiger partial charge in [0.1, 0.15) is 0 Å². The van der Waals surface area contributed by atoms with E-state index in [1.54, 1.807) is 19.2 Å². The van der Waals surface area contributed by atoms with Crippen LogP contribution in [0, 0.1) is 5.92 Å². The molecule has 2 rings (SSSR count). The van der Waals surface area contributed by atoms with Crippen molar-refractivity contribution in [2.45, 2.75) is 32.7 Å². The number of hydrogen-bond acceptors (Lipinski definition) is 4. The van der Waals surface area contributed by atoms with Crippen molar-refractivity contribution >= 4 is 5.91 Å². The number of nitrogens with zero attached hydrogens (tertiary/aromatic N) is 1. The molecule has 5 nitrogen and oxygen atoms in total. The van der Waals surface area contributed by atoms with Crippen molar-refractivity contribution in [1.29, 1.82) is 0 Å². The molecule has 1 aromatic carbocycles. The first-order chi connectivity index (χ1) is 10.6. The first kappa shape index (κ1) is 16.6. The van der Waals surface area contributed by atoms with Gasteiger partial charge >= 0.3 is 0 Å². The summed E-state index contributed by atoms with van der Waals surface area (Å²) in [5.74, 6) is 1.71. The second kappa shape index (κ2) is 7.49. The average molecular weight is 306 g/mol. The largest absolute Gasteiger partial charge is 0.493 e. The van der Waals surface area contributed by atoms with Gasteiger partial charge in [0.25, 0.3) is 5.91 Å². The molecule has 0 radical (unpaired) electrons. The number of carbonyl (C=O) groups excluding carboxylic acids is 1.